The standard InChI is InChI=1S/C16H22F3N3O2/c1-3-21-8-10-22(11-9-21)12(2)15(23)20-13-4-6-14(7-5-13)24-16(17,18)19/h4-7,12H,3,8-11H2,1-2H3,(H,20,23). The highest BCUT2D eigenvalue weighted by Gasteiger charge is 2.31. The molecule has 5 nitrogen and oxygen atoms in total. The van der Waals surface area contributed by atoms with Gasteiger partial charge in [0.15, 0.2) is 0 Å². The van der Waals surface area contributed by atoms with E-state index in [-0.39, 0.29) is 17.7 Å². The number of amides is 1. The van der Waals surface area contributed by atoms with Crippen molar-refractivity contribution in [3.8, 4) is 5.75 Å². The number of carbonyl (C=O) groups excluding carboxylic acids is 1. The van der Waals surface area contributed by atoms with Crippen LogP contribution in [0.2, 0.25) is 0 Å². The summed E-state index contributed by atoms with van der Waals surface area (Å²) in [5.74, 6) is -0.492. The van der Waals surface area contributed by atoms with E-state index in [2.05, 4.69) is 26.8 Å². The lowest BCUT2D eigenvalue weighted by molar-refractivity contribution is -0.274. The van der Waals surface area contributed by atoms with Gasteiger partial charge in [0.2, 0.25) is 5.91 Å². The van der Waals surface area contributed by atoms with Crippen molar-refractivity contribution >= 4 is 11.6 Å². The van der Waals surface area contributed by atoms with Crippen molar-refractivity contribution in [3.05, 3.63) is 24.3 Å². The SMILES string of the molecule is CCN1CCN(C(C)C(=O)Nc2ccc(OC(F)(F)F)cc2)CC1. The van der Waals surface area contributed by atoms with Crippen molar-refractivity contribution in [3.63, 3.8) is 0 Å². The number of carbonyl (C=O) groups is 1. The molecule has 0 aromatic heterocycles. The number of alkyl halides is 3. The van der Waals surface area contributed by atoms with Crippen molar-refractivity contribution in [2.24, 2.45) is 0 Å². The van der Waals surface area contributed by atoms with Crippen LogP contribution in [0.15, 0.2) is 24.3 Å². The number of piperazine rings is 1. The van der Waals surface area contributed by atoms with Crippen LogP contribution in [0.1, 0.15) is 13.8 Å². The van der Waals surface area contributed by atoms with E-state index in [9.17, 15) is 18.0 Å². The number of benzene rings is 1. The fraction of sp³-hybridized carbons (Fsp3) is 0.562. The number of nitrogens with one attached hydrogen (secondary N) is 1. The summed E-state index contributed by atoms with van der Waals surface area (Å²) in [6.07, 6.45) is -4.72. The second-order valence-corrected chi connectivity index (χ2v) is 5.71. The van der Waals surface area contributed by atoms with Crippen LogP contribution in [0.5, 0.6) is 5.75 Å². The molecule has 1 saturated heterocycles. The first-order valence-electron chi connectivity index (χ1n) is 7.91. The summed E-state index contributed by atoms with van der Waals surface area (Å²) in [7, 11) is 0. The van der Waals surface area contributed by atoms with Gasteiger partial charge in [-0.1, -0.05) is 6.92 Å². The smallest absolute Gasteiger partial charge is 0.406 e. The largest absolute Gasteiger partial charge is 0.573 e. The summed E-state index contributed by atoms with van der Waals surface area (Å²) >= 11 is 0. The maximum Gasteiger partial charge on any atom is 0.573 e. The molecule has 1 aliphatic heterocycles. The average molecular weight is 345 g/mol. The van der Waals surface area contributed by atoms with Gasteiger partial charge in [-0.05, 0) is 37.7 Å². The number of ether oxygens (including phenoxy) is 1. The molecule has 0 spiro atoms. The topological polar surface area (TPSA) is 44.8 Å². The minimum absolute atomic E-state index is 0.176. The Balaban J connectivity index is 1.87. The summed E-state index contributed by atoms with van der Waals surface area (Å²) in [5.41, 5.74) is 0.438. The van der Waals surface area contributed by atoms with Crippen LogP contribution >= 0.6 is 0 Å². The van der Waals surface area contributed by atoms with Gasteiger partial charge < -0.3 is 15.0 Å². The summed E-state index contributed by atoms with van der Waals surface area (Å²) in [6, 6.07) is 4.83. The van der Waals surface area contributed by atoms with E-state index < -0.39 is 6.36 Å². The van der Waals surface area contributed by atoms with Gasteiger partial charge in [0, 0.05) is 31.9 Å². The first kappa shape index (κ1) is 18.5. The lowest BCUT2D eigenvalue weighted by Gasteiger charge is -2.36. The lowest BCUT2D eigenvalue weighted by atomic mass is 10.2. The van der Waals surface area contributed by atoms with E-state index in [1.807, 2.05) is 6.92 Å². The van der Waals surface area contributed by atoms with Gasteiger partial charge >= 0.3 is 6.36 Å². The highest BCUT2D eigenvalue weighted by molar-refractivity contribution is 5.94. The minimum Gasteiger partial charge on any atom is -0.406 e. The van der Waals surface area contributed by atoms with Crippen LogP contribution in [0.25, 0.3) is 0 Å². The van der Waals surface area contributed by atoms with E-state index in [4.69, 9.17) is 0 Å². The second-order valence-electron chi connectivity index (χ2n) is 5.71. The van der Waals surface area contributed by atoms with Crippen LogP contribution in [-0.2, 0) is 4.79 Å². The number of anilines is 1. The molecule has 0 aliphatic carbocycles. The molecule has 0 radical (unpaired) electrons. The van der Waals surface area contributed by atoms with Gasteiger partial charge in [-0.15, -0.1) is 13.2 Å². The molecule has 1 aromatic carbocycles. The number of rotatable bonds is 5. The molecule has 24 heavy (non-hydrogen) atoms. The van der Waals surface area contributed by atoms with Crippen LogP contribution in [-0.4, -0.2) is 60.8 Å². The highest BCUT2D eigenvalue weighted by atomic mass is 19.4. The summed E-state index contributed by atoms with van der Waals surface area (Å²) < 4.78 is 40.1. The molecule has 0 bridgehead atoms. The molecular formula is C16H22F3N3O2. The molecule has 2 rings (SSSR count). The van der Waals surface area contributed by atoms with Gasteiger partial charge in [0.05, 0.1) is 6.04 Å². The Morgan fingerprint density at radius 1 is 1.21 bits per heavy atom. The zero-order valence-corrected chi connectivity index (χ0v) is 13.8. The van der Waals surface area contributed by atoms with E-state index >= 15 is 0 Å². The van der Waals surface area contributed by atoms with Crippen molar-refractivity contribution in [2.45, 2.75) is 26.3 Å². The number of halogens is 3. The molecule has 134 valence electrons. The van der Waals surface area contributed by atoms with E-state index in [1.165, 1.54) is 24.3 Å². The van der Waals surface area contributed by atoms with Crippen molar-refractivity contribution in [1.82, 2.24) is 9.80 Å². The molecular weight excluding hydrogens is 323 g/mol. The molecule has 1 N–H and O–H groups in total. The maximum atomic E-state index is 12.3. The second kappa shape index (κ2) is 7.85. The predicted molar refractivity (Wildman–Crippen MR) is 84.9 cm³/mol. The zero-order valence-electron chi connectivity index (χ0n) is 13.8. The van der Waals surface area contributed by atoms with Crippen LogP contribution in [0, 0.1) is 0 Å². The Morgan fingerprint density at radius 2 is 1.79 bits per heavy atom. The number of hydrogen-bond donors (Lipinski definition) is 1. The van der Waals surface area contributed by atoms with Crippen molar-refractivity contribution < 1.29 is 22.7 Å². The molecule has 1 aromatic rings. The van der Waals surface area contributed by atoms with Gasteiger partial charge in [-0.2, -0.15) is 0 Å². The Labute approximate surface area is 139 Å². The molecule has 8 heteroatoms. The highest BCUT2D eigenvalue weighted by Crippen LogP contribution is 2.24. The van der Waals surface area contributed by atoms with E-state index in [0.717, 1.165) is 32.7 Å². The lowest BCUT2D eigenvalue weighted by Crippen LogP contribution is -2.52. The van der Waals surface area contributed by atoms with Gasteiger partial charge in [-0.25, -0.2) is 0 Å². The fourth-order valence-electron chi connectivity index (χ4n) is 2.62. The third kappa shape index (κ3) is 5.38. The third-order valence-electron chi connectivity index (χ3n) is 4.14. The Hall–Kier alpha value is -1.80. The quantitative estimate of drug-likeness (QED) is 0.891. The Kier molecular flexibility index (Phi) is 6.06. The van der Waals surface area contributed by atoms with Gasteiger partial charge in [0.25, 0.3) is 0 Å². The molecule has 1 unspecified atom stereocenters. The molecule has 1 fully saturated rings. The Morgan fingerprint density at radius 3 is 2.29 bits per heavy atom. The van der Waals surface area contributed by atoms with E-state index in [1.54, 1.807) is 0 Å². The normalized spacial score (nSPS) is 18.2. The summed E-state index contributed by atoms with van der Waals surface area (Å²) in [4.78, 5) is 16.7. The van der Waals surface area contributed by atoms with E-state index in [0.29, 0.717) is 5.69 Å². The molecule has 0 saturated carbocycles. The first-order chi connectivity index (χ1) is 11.3. The molecule has 1 amide bonds. The fourth-order valence-corrected chi connectivity index (χ4v) is 2.62. The summed E-state index contributed by atoms with van der Waals surface area (Å²) in [6.45, 7) is 8.44. The van der Waals surface area contributed by atoms with Crippen LogP contribution in [0.4, 0.5) is 18.9 Å². The van der Waals surface area contributed by atoms with Crippen LogP contribution in [0.3, 0.4) is 0 Å². The van der Waals surface area contributed by atoms with Gasteiger partial charge in [0.1, 0.15) is 5.75 Å². The number of hydrogen-bond acceptors (Lipinski definition) is 4. The Bertz CT molecular complexity index is 540. The zero-order chi connectivity index (χ0) is 17.7. The first-order valence-corrected chi connectivity index (χ1v) is 7.91. The summed E-state index contributed by atoms with van der Waals surface area (Å²) in [5, 5.41) is 2.72. The predicted octanol–water partition coefficient (Wildman–Crippen LogP) is 2.55. The van der Waals surface area contributed by atoms with Crippen molar-refractivity contribution in [2.75, 3.05) is 38.0 Å². The third-order valence-corrected chi connectivity index (χ3v) is 4.14. The number of nitrogens with zero attached hydrogens (tertiary/aromatic N) is 2. The number of likely N-dealkylation sites (N-methyl/N-ethyl adjacent to an activating group) is 1. The maximum absolute atomic E-state index is 12.3. The molecule has 1 heterocycles. The van der Waals surface area contributed by atoms with Crippen LogP contribution < -0.4 is 10.1 Å². The van der Waals surface area contributed by atoms with Gasteiger partial charge in [-0.3, -0.25) is 9.69 Å². The minimum atomic E-state index is -4.72. The van der Waals surface area contributed by atoms with Crippen molar-refractivity contribution in [1.29, 1.82) is 0 Å². The average Bonchev–Trinajstić information content (AvgIpc) is 2.54. The molecule has 1 atom stereocenters. The molecule has 1 aliphatic rings. The monoisotopic (exact) mass is 345 g/mol.